The average Bonchev–Trinajstić information content (AvgIpc) is 3.22. The van der Waals surface area contributed by atoms with Crippen molar-refractivity contribution in [2.75, 3.05) is 20.3 Å². The second-order valence-electron chi connectivity index (χ2n) is 5.80. The highest BCUT2D eigenvalue weighted by Crippen LogP contribution is 2.35. The van der Waals surface area contributed by atoms with E-state index in [1.165, 1.54) is 0 Å². The number of methoxy groups -OCH3 is 1. The SMILES string of the molecule is CCCC(CC(=O)O)NC(=O)N(CCOC)C(C)C1CC1. The molecule has 0 aromatic carbocycles. The minimum absolute atomic E-state index is 0.0322. The van der Waals surface area contributed by atoms with Gasteiger partial charge < -0.3 is 20.1 Å². The van der Waals surface area contributed by atoms with E-state index in [2.05, 4.69) is 12.2 Å². The molecule has 1 rings (SSSR count). The quantitative estimate of drug-likeness (QED) is 0.647. The lowest BCUT2D eigenvalue weighted by molar-refractivity contribution is -0.137. The third kappa shape index (κ3) is 6.33. The van der Waals surface area contributed by atoms with Crippen LogP contribution in [-0.4, -0.2) is 54.4 Å². The van der Waals surface area contributed by atoms with E-state index in [4.69, 9.17) is 9.84 Å². The van der Waals surface area contributed by atoms with Crippen LogP contribution in [0.1, 0.15) is 46.0 Å². The molecule has 0 aromatic heterocycles. The van der Waals surface area contributed by atoms with Gasteiger partial charge in [0, 0.05) is 25.7 Å². The molecule has 1 saturated carbocycles. The fourth-order valence-electron chi connectivity index (χ4n) is 2.55. The molecule has 122 valence electrons. The highest BCUT2D eigenvalue weighted by atomic mass is 16.5. The minimum Gasteiger partial charge on any atom is -0.481 e. The summed E-state index contributed by atoms with van der Waals surface area (Å²) in [5, 5.41) is 11.8. The van der Waals surface area contributed by atoms with Crippen LogP contribution in [0.5, 0.6) is 0 Å². The van der Waals surface area contributed by atoms with Crippen LogP contribution in [0, 0.1) is 5.92 Å². The van der Waals surface area contributed by atoms with Crippen LogP contribution in [0.4, 0.5) is 4.79 Å². The number of carboxylic acids is 1. The molecule has 0 aromatic rings. The Kier molecular flexibility index (Phi) is 7.50. The molecule has 0 aliphatic heterocycles. The summed E-state index contributed by atoms with van der Waals surface area (Å²) in [6.07, 6.45) is 3.80. The van der Waals surface area contributed by atoms with Crippen LogP contribution >= 0.6 is 0 Å². The smallest absolute Gasteiger partial charge is 0.317 e. The highest BCUT2D eigenvalue weighted by Gasteiger charge is 2.34. The van der Waals surface area contributed by atoms with E-state index < -0.39 is 5.97 Å². The van der Waals surface area contributed by atoms with E-state index in [0.717, 1.165) is 19.3 Å². The van der Waals surface area contributed by atoms with Gasteiger partial charge in [-0.3, -0.25) is 4.79 Å². The number of nitrogens with one attached hydrogen (secondary N) is 1. The first-order valence-corrected chi connectivity index (χ1v) is 7.77. The van der Waals surface area contributed by atoms with Crippen molar-refractivity contribution < 1.29 is 19.4 Å². The molecule has 1 aliphatic carbocycles. The first-order valence-electron chi connectivity index (χ1n) is 7.77. The van der Waals surface area contributed by atoms with Crippen molar-refractivity contribution in [2.45, 2.75) is 58.0 Å². The monoisotopic (exact) mass is 300 g/mol. The van der Waals surface area contributed by atoms with Crippen LogP contribution in [0.2, 0.25) is 0 Å². The van der Waals surface area contributed by atoms with E-state index in [-0.39, 0.29) is 24.5 Å². The standard InChI is InChI=1S/C15H28N2O4/c1-4-5-13(10-14(18)19)16-15(20)17(8-9-21-3)11(2)12-6-7-12/h11-13H,4-10H2,1-3H3,(H,16,20)(H,18,19). The average molecular weight is 300 g/mol. The molecule has 2 N–H and O–H groups in total. The Bertz CT molecular complexity index is 345. The van der Waals surface area contributed by atoms with Gasteiger partial charge in [0.2, 0.25) is 0 Å². The van der Waals surface area contributed by atoms with Gasteiger partial charge in [-0.1, -0.05) is 13.3 Å². The molecule has 2 amide bonds. The maximum Gasteiger partial charge on any atom is 0.317 e. The molecule has 0 saturated heterocycles. The highest BCUT2D eigenvalue weighted by molar-refractivity contribution is 5.76. The number of hydrogen-bond acceptors (Lipinski definition) is 3. The van der Waals surface area contributed by atoms with E-state index in [9.17, 15) is 9.59 Å². The lowest BCUT2D eigenvalue weighted by atomic mass is 10.1. The van der Waals surface area contributed by atoms with Gasteiger partial charge in [0.15, 0.2) is 0 Å². The summed E-state index contributed by atoms with van der Waals surface area (Å²) in [5.74, 6) is -0.316. The van der Waals surface area contributed by atoms with E-state index in [1.807, 2.05) is 6.92 Å². The summed E-state index contributed by atoms with van der Waals surface area (Å²) < 4.78 is 5.07. The van der Waals surface area contributed by atoms with Crippen molar-refractivity contribution >= 4 is 12.0 Å². The maximum absolute atomic E-state index is 12.5. The molecule has 2 unspecified atom stereocenters. The molecule has 6 nitrogen and oxygen atoms in total. The van der Waals surface area contributed by atoms with E-state index in [0.29, 0.717) is 25.5 Å². The van der Waals surface area contributed by atoms with Gasteiger partial charge in [-0.05, 0) is 32.1 Å². The van der Waals surface area contributed by atoms with Gasteiger partial charge in [-0.25, -0.2) is 4.79 Å². The molecular weight excluding hydrogens is 272 g/mol. The Morgan fingerprint density at radius 1 is 1.43 bits per heavy atom. The number of rotatable bonds is 10. The van der Waals surface area contributed by atoms with Gasteiger partial charge >= 0.3 is 12.0 Å². The Balaban J connectivity index is 2.61. The first kappa shape index (κ1) is 17.8. The minimum atomic E-state index is -0.882. The molecule has 0 spiro atoms. The Hall–Kier alpha value is -1.30. The summed E-state index contributed by atoms with van der Waals surface area (Å²) in [7, 11) is 1.61. The Morgan fingerprint density at radius 2 is 2.10 bits per heavy atom. The molecule has 1 fully saturated rings. The van der Waals surface area contributed by atoms with Crippen LogP contribution in [0.3, 0.4) is 0 Å². The number of hydrogen-bond donors (Lipinski definition) is 2. The van der Waals surface area contributed by atoms with Gasteiger partial charge in [-0.2, -0.15) is 0 Å². The zero-order chi connectivity index (χ0) is 15.8. The lowest BCUT2D eigenvalue weighted by Gasteiger charge is -2.31. The third-order valence-corrected chi connectivity index (χ3v) is 3.98. The number of carbonyl (C=O) groups is 2. The second-order valence-corrected chi connectivity index (χ2v) is 5.80. The molecule has 2 atom stereocenters. The lowest BCUT2D eigenvalue weighted by Crippen LogP contribution is -2.50. The van der Waals surface area contributed by atoms with Crippen molar-refractivity contribution in [1.29, 1.82) is 0 Å². The number of urea groups is 1. The zero-order valence-corrected chi connectivity index (χ0v) is 13.3. The normalized spacial score (nSPS) is 17.1. The molecule has 21 heavy (non-hydrogen) atoms. The summed E-state index contributed by atoms with van der Waals surface area (Å²) >= 11 is 0. The van der Waals surface area contributed by atoms with E-state index in [1.54, 1.807) is 12.0 Å². The van der Waals surface area contributed by atoms with Crippen LogP contribution < -0.4 is 5.32 Å². The number of carboxylic acid groups (broad SMARTS) is 1. The topological polar surface area (TPSA) is 78.9 Å². The Morgan fingerprint density at radius 3 is 2.57 bits per heavy atom. The molecule has 0 heterocycles. The van der Waals surface area contributed by atoms with Crippen molar-refractivity contribution in [2.24, 2.45) is 5.92 Å². The zero-order valence-electron chi connectivity index (χ0n) is 13.3. The Labute approximate surface area is 126 Å². The van der Waals surface area contributed by atoms with Crippen LogP contribution in [0.25, 0.3) is 0 Å². The molecule has 0 radical (unpaired) electrons. The molecular formula is C15H28N2O4. The summed E-state index contributed by atoms with van der Waals surface area (Å²) in [4.78, 5) is 25.1. The fraction of sp³-hybridized carbons (Fsp3) is 0.867. The van der Waals surface area contributed by atoms with Gasteiger partial charge in [-0.15, -0.1) is 0 Å². The number of amides is 2. The van der Waals surface area contributed by atoms with Crippen molar-refractivity contribution in [3.8, 4) is 0 Å². The summed E-state index contributed by atoms with van der Waals surface area (Å²) in [5.41, 5.74) is 0. The summed E-state index contributed by atoms with van der Waals surface area (Å²) in [6, 6.07) is -0.310. The van der Waals surface area contributed by atoms with Crippen molar-refractivity contribution in [3.63, 3.8) is 0 Å². The second kappa shape index (κ2) is 8.87. The van der Waals surface area contributed by atoms with Crippen LogP contribution in [-0.2, 0) is 9.53 Å². The number of aliphatic carboxylic acids is 1. The number of nitrogens with zero attached hydrogens (tertiary/aromatic N) is 1. The number of carbonyl (C=O) groups excluding carboxylic acids is 1. The maximum atomic E-state index is 12.5. The molecule has 0 bridgehead atoms. The van der Waals surface area contributed by atoms with Crippen LogP contribution in [0.15, 0.2) is 0 Å². The van der Waals surface area contributed by atoms with Gasteiger partial charge in [0.1, 0.15) is 0 Å². The van der Waals surface area contributed by atoms with Gasteiger partial charge in [0.05, 0.1) is 13.0 Å². The predicted molar refractivity (Wildman–Crippen MR) is 80.2 cm³/mol. The largest absolute Gasteiger partial charge is 0.481 e. The molecule has 1 aliphatic rings. The number of ether oxygens (including phenoxy) is 1. The predicted octanol–water partition coefficient (Wildman–Crippen LogP) is 2.09. The summed E-state index contributed by atoms with van der Waals surface area (Å²) in [6.45, 7) is 5.06. The fourth-order valence-corrected chi connectivity index (χ4v) is 2.55. The van der Waals surface area contributed by atoms with E-state index >= 15 is 0 Å². The van der Waals surface area contributed by atoms with Gasteiger partial charge in [0.25, 0.3) is 0 Å². The first-order chi connectivity index (χ1) is 9.99. The third-order valence-electron chi connectivity index (χ3n) is 3.98. The van der Waals surface area contributed by atoms with Crippen molar-refractivity contribution in [1.82, 2.24) is 10.2 Å². The molecule has 6 heteroatoms. The van der Waals surface area contributed by atoms with Crippen molar-refractivity contribution in [3.05, 3.63) is 0 Å².